The van der Waals surface area contributed by atoms with Gasteiger partial charge in [0.1, 0.15) is 5.75 Å². The lowest BCUT2D eigenvalue weighted by Gasteiger charge is -2.19. The molecule has 0 radical (unpaired) electrons. The molecule has 1 amide bonds. The average Bonchev–Trinajstić information content (AvgIpc) is 2.84. The maximum Gasteiger partial charge on any atom is 0.257 e. The molecule has 116 valence electrons. The van der Waals surface area contributed by atoms with E-state index in [1.54, 1.807) is 6.07 Å². The first-order valence-corrected chi connectivity index (χ1v) is 6.47. The molecule has 2 rings (SSSR count). The molecule has 1 aromatic rings. The van der Waals surface area contributed by atoms with E-state index in [-0.39, 0.29) is 24.6 Å². The number of aliphatic hydroxyl groups excluding tert-OH is 2. The van der Waals surface area contributed by atoms with Crippen molar-refractivity contribution in [3.63, 3.8) is 0 Å². The second kappa shape index (κ2) is 6.19. The normalized spacial score (nSPS) is 21.3. The van der Waals surface area contributed by atoms with Gasteiger partial charge in [0, 0.05) is 25.2 Å². The van der Waals surface area contributed by atoms with E-state index >= 15 is 0 Å². The van der Waals surface area contributed by atoms with Crippen molar-refractivity contribution < 1.29 is 29.2 Å². The molecule has 7 heteroatoms. The lowest BCUT2D eigenvalue weighted by molar-refractivity contribution is 0.0572. The Morgan fingerprint density at radius 1 is 1.00 bits per heavy atom. The van der Waals surface area contributed by atoms with Gasteiger partial charge in [0.05, 0.1) is 39.1 Å². The number of amides is 1. The van der Waals surface area contributed by atoms with Crippen LogP contribution in [0.25, 0.3) is 0 Å². The fraction of sp³-hybridized carbons (Fsp3) is 0.500. The van der Waals surface area contributed by atoms with Gasteiger partial charge in [-0.2, -0.15) is 0 Å². The van der Waals surface area contributed by atoms with E-state index in [2.05, 4.69) is 0 Å². The molecule has 0 saturated carbocycles. The topological polar surface area (TPSA) is 88.5 Å². The molecule has 7 nitrogen and oxygen atoms in total. The number of aliphatic hydroxyl groups is 2. The van der Waals surface area contributed by atoms with Crippen molar-refractivity contribution in [3.8, 4) is 17.2 Å². The highest BCUT2D eigenvalue weighted by Crippen LogP contribution is 2.35. The van der Waals surface area contributed by atoms with E-state index in [1.165, 1.54) is 32.3 Å². The molecular formula is C14H19NO6. The summed E-state index contributed by atoms with van der Waals surface area (Å²) in [4.78, 5) is 13.9. The Morgan fingerprint density at radius 3 is 1.95 bits per heavy atom. The molecule has 1 heterocycles. The van der Waals surface area contributed by atoms with Gasteiger partial charge in [-0.05, 0) is 0 Å². The molecule has 1 aliphatic rings. The maximum absolute atomic E-state index is 12.5. The first-order valence-electron chi connectivity index (χ1n) is 6.47. The molecule has 0 aromatic heterocycles. The average molecular weight is 297 g/mol. The third-order valence-electron chi connectivity index (χ3n) is 3.48. The summed E-state index contributed by atoms with van der Waals surface area (Å²) in [6, 6.07) is 3.09. The molecule has 1 aliphatic heterocycles. The predicted molar refractivity (Wildman–Crippen MR) is 74.0 cm³/mol. The predicted octanol–water partition coefficient (Wildman–Crippen LogP) is -0.110. The molecule has 0 aliphatic carbocycles. The minimum atomic E-state index is -0.930. The van der Waals surface area contributed by atoms with Crippen molar-refractivity contribution in [1.82, 2.24) is 4.90 Å². The van der Waals surface area contributed by atoms with Crippen LogP contribution in [0.2, 0.25) is 0 Å². The largest absolute Gasteiger partial charge is 0.496 e. The third-order valence-corrected chi connectivity index (χ3v) is 3.48. The summed E-state index contributed by atoms with van der Waals surface area (Å²) < 4.78 is 15.6. The molecule has 1 aromatic carbocycles. The molecule has 0 unspecified atom stereocenters. The number of hydrogen-bond donors (Lipinski definition) is 2. The van der Waals surface area contributed by atoms with Crippen molar-refractivity contribution in [3.05, 3.63) is 17.7 Å². The maximum atomic E-state index is 12.5. The zero-order valence-corrected chi connectivity index (χ0v) is 12.2. The number of methoxy groups -OCH3 is 3. The number of carbonyl (C=O) groups is 1. The summed E-state index contributed by atoms with van der Waals surface area (Å²) in [6.07, 6.45) is -1.86. The van der Waals surface area contributed by atoms with Gasteiger partial charge in [-0.25, -0.2) is 0 Å². The highest BCUT2D eigenvalue weighted by molar-refractivity contribution is 5.98. The number of β-amino-alcohol motifs (C(OH)–C–C–N with tert-alkyl or cyclic N) is 2. The van der Waals surface area contributed by atoms with Gasteiger partial charge in [-0.15, -0.1) is 0 Å². The SMILES string of the molecule is COc1cc(OC)c(C(=O)N2C[C@@H](O)[C@@H](O)C2)cc1OC. The Labute approximate surface area is 122 Å². The number of benzene rings is 1. The molecule has 1 saturated heterocycles. The standard InChI is InChI=1S/C14H19NO6/c1-19-11-5-13(21-3)12(20-2)4-8(11)14(18)15-6-9(16)10(17)7-15/h4-5,9-10,16-17H,6-7H2,1-3H3/t9-,10+. The van der Waals surface area contributed by atoms with E-state index in [0.29, 0.717) is 17.2 Å². The quantitative estimate of drug-likeness (QED) is 0.806. The molecule has 1 fully saturated rings. The summed E-state index contributed by atoms with van der Waals surface area (Å²) in [5, 5.41) is 19.1. The first kappa shape index (κ1) is 15.4. The number of rotatable bonds is 4. The van der Waals surface area contributed by atoms with Crippen LogP contribution in [-0.2, 0) is 0 Å². The Morgan fingerprint density at radius 2 is 1.48 bits per heavy atom. The van der Waals surface area contributed by atoms with E-state index in [1.807, 2.05) is 0 Å². The minimum Gasteiger partial charge on any atom is -0.496 e. The Kier molecular flexibility index (Phi) is 4.54. The molecule has 2 N–H and O–H groups in total. The van der Waals surface area contributed by atoms with Crippen molar-refractivity contribution in [2.24, 2.45) is 0 Å². The van der Waals surface area contributed by atoms with E-state index in [9.17, 15) is 15.0 Å². The van der Waals surface area contributed by atoms with E-state index in [4.69, 9.17) is 14.2 Å². The van der Waals surface area contributed by atoms with Gasteiger partial charge in [0.2, 0.25) is 0 Å². The lowest BCUT2D eigenvalue weighted by atomic mass is 10.1. The van der Waals surface area contributed by atoms with Crippen molar-refractivity contribution in [2.45, 2.75) is 12.2 Å². The van der Waals surface area contributed by atoms with Crippen LogP contribution >= 0.6 is 0 Å². The van der Waals surface area contributed by atoms with Crippen LogP contribution in [0.4, 0.5) is 0 Å². The Balaban J connectivity index is 2.36. The zero-order chi connectivity index (χ0) is 15.6. The number of carbonyl (C=O) groups excluding carboxylic acids is 1. The zero-order valence-electron chi connectivity index (χ0n) is 12.2. The monoisotopic (exact) mass is 297 g/mol. The second-order valence-corrected chi connectivity index (χ2v) is 4.75. The molecule has 2 atom stereocenters. The minimum absolute atomic E-state index is 0.0809. The van der Waals surface area contributed by atoms with Gasteiger partial charge in [0.25, 0.3) is 5.91 Å². The van der Waals surface area contributed by atoms with E-state index in [0.717, 1.165) is 0 Å². The van der Waals surface area contributed by atoms with Gasteiger partial charge < -0.3 is 29.3 Å². The van der Waals surface area contributed by atoms with Gasteiger partial charge >= 0.3 is 0 Å². The van der Waals surface area contributed by atoms with E-state index < -0.39 is 12.2 Å². The summed E-state index contributed by atoms with van der Waals surface area (Å²) in [5.74, 6) is 0.853. The fourth-order valence-corrected chi connectivity index (χ4v) is 2.30. The first-order chi connectivity index (χ1) is 10.0. The number of hydrogen-bond acceptors (Lipinski definition) is 6. The smallest absolute Gasteiger partial charge is 0.257 e. The van der Waals surface area contributed by atoms with Crippen LogP contribution in [-0.4, -0.2) is 67.6 Å². The summed E-state index contributed by atoms with van der Waals surface area (Å²) >= 11 is 0. The van der Waals surface area contributed by atoms with Crippen LogP contribution in [0.1, 0.15) is 10.4 Å². The van der Waals surface area contributed by atoms with Crippen molar-refractivity contribution in [2.75, 3.05) is 34.4 Å². The van der Waals surface area contributed by atoms with Crippen LogP contribution in [0, 0.1) is 0 Å². The fourth-order valence-electron chi connectivity index (χ4n) is 2.30. The highest BCUT2D eigenvalue weighted by Gasteiger charge is 2.34. The van der Waals surface area contributed by atoms with Crippen molar-refractivity contribution in [1.29, 1.82) is 0 Å². The summed E-state index contributed by atoms with van der Waals surface area (Å²) in [5.41, 5.74) is 0.288. The van der Waals surface area contributed by atoms with Gasteiger partial charge in [-0.1, -0.05) is 0 Å². The summed E-state index contributed by atoms with van der Waals surface area (Å²) in [6.45, 7) is 0.162. The van der Waals surface area contributed by atoms with Crippen LogP contribution in [0.5, 0.6) is 17.2 Å². The molecule has 0 spiro atoms. The molecule has 21 heavy (non-hydrogen) atoms. The lowest BCUT2D eigenvalue weighted by Crippen LogP contribution is -2.30. The Hall–Kier alpha value is -1.99. The second-order valence-electron chi connectivity index (χ2n) is 4.75. The number of likely N-dealkylation sites (tertiary alicyclic amines) is 1. The molecule has 0 bridgehead atoms. The summed E-state index contributed by atoms with van der Waals surface area (Å²) in [7, 11) is 4.42. The number of ether oxygens (including phenoxy) is 3. The van der Waals surface area contributed by atoms with Crippen LogP contribution < -0.4 is 14.2 Å². The highest BCUT2D eigenvalue weighted by atomic mass is 16.5. The third kappa shape index (κ3) is 2.88. The van der Waals surface area contributed by atoms with Crippen molar-refractivity contribution >= 4 is 5.91 Å². The van der Waals surface area contributed by atoms with Crippen LogP contribution in [0.3, 0.4) is 0 Å². The van der Waals surface area contributed by atoms with Gasteiger partial charge in [0.15, 0.2) is 11.5 Å². The molecular weight excluding hydrogens is 278 g/mol. The van der Waals surface area contributed by atoms with Crippen LogP contribution in [0.15, 0.2) is 12.1 Å². The Bertz CT molecular complexity index is 522. The van der Waals surface area contributed by atoms with Gasteiger partial charge in [-0.3, -0.25) is 4.79 Å². The number of nitrogens with zero attached hydrogens (tertiary/aromatic N) is 1.